The van der Waals surface area contributed by atoms with Gasteiger partial charge in [-0.05, 0) is 59.3 Å². The number of ether oxygens (including phenoxy) is 6. The Hall–Kier alpha value is -3.74. The van der Waals surface area contributed by atoms with Gasteiger partial charge in [0.2, 0.25) is 0 Å². The number of carbonyl (C=O) groups excluding carboxylic acids is 6. The lowest BCUT2D eigenvalue weighted by Crippen LogP contribution is -2.14. The number of hydrogen-bond donors (Lipinski definition) is 3. The molecule has 0 aliphatic rings. The summed E-state index contributed by atoms with van der Waals surface area (Å²) in [6.45, 7) is 14.6. The van der Waals surface area contributed by atoms with Crippen LogP contribution in [0.2, 0.25) is 0 Å². The molecular formula is C36H60O20P2. The molecule has 0 radical (unpaired) electrons. The van der Waals surface area contributed by atoms with Gasteiger partial charge in [0, 0.05) is 36.0 Å². The lowest BCUT2D eigenvalue weighted by atomic mass is 10.2. The molecule has 22 heteroatoms. The molecule has 0 fully saturated rings. The van der Waals surface area contributed by atoms with Crippen LogP contribution in [0.15, 0.2) is 36.5 Å². The number of esters is 6. The van der Waals surface area contributed by atoms with Crippen molar-refractivity contribution >= 4 is 51.5 Å². The van der Waals surface area contributed by atoms with Crippen molar-refractivity contribution in [2.45, 2.75) is 97.8 Å². The van der Waals surface area contributed by atoms with Crippen LogP contribution in [0.3, 0.4) is 0 Å². The van der Waals surface area contributed by atoms with Crippen molar-refractivity contribution in [2.75, 3.05) is 59.5 Å². The molecule has 0 bridgehead atoms. The van der Waals surface area contributed by atoms with Crippen molar-refractivity contribution in [1.82, 2.24) is 0 Å². The standard InChI is InChI=1S/C24H39O12P.C12H21O8P/c1-19(2)23(27)33-17-15-31-21(25)11-7-5-9-13-35-37(29,30)36-14-10-6-8-12-22(26)32-16-18-34-24(28)20(3)4;1-10(2)12(14)19-9-8-18-11(13)6-4-3-5-7-20-21(15,16)17/h1,3,5-18H2,2,4H3,(H,29,30);1,3-9H2,2H3,(H2,15,16,17). The van der Waals surface area contributed by atoms with Crippen LogP contribution in [-0.4, -0.2) is 110 Å². The minimum atomic E-state index is -4.41. The van der Waals surface area contributed by atoms with Gasteiger partial charge in [-0.1, -0.05) is 39.0 Å². The quantitative estimate of drug-likeness (QED) is 0.0260. The smallest absolute Gasteiger partial charge is 0.462 e. The van der Waals surface area contributed by atoms with Gasteiger partial charge in [-0.15, -0.1) is 0 Å². The summed E-state index contributed by atoms with van der Waals surface area (Å²) >= 11 is 0. The first-order valence-electron chi connectivity index (χ1n) is 18.4. The highest BCUT2D eigenvalue weighted by atomic mass is 31.2. The Kier molecular flexibility index (Phi) is 33.2. The van der Waals surface area contributed by atoms with E-state index in [1.54, 1.807) is 0 Å². The summed E-state index contributed by atoms with van der Waals surface area (Å²) in [6, 6.07) is 0. The third-order valence-electron chi connectivity index (χ3n) is 6.63. The van der Waals surface area contributed by atoms with Crippen molar-refractivity contribution in [3.8, 4) is 0 Å². The SMILES string of the molecule is C=C(C)C(=O)OCCOC(=O)CCCCCOP(=O)(O)O.C=C(C)C(=O)OCCOC(=O)CCCCCOP(=O)(O)OCCCCCC(=O)OCCOC(=O)C(=C)C. The molecule has 0 atom stereocenters. The zero-order valence-electron chi connectivity index (χ0n) is 33.6. The Morgan fingerprint density at radius 2 is 0.655 bits per heavy atom. The number of phosphoric ester groups is 2. The summed E-state index contributed by atoms with van der Waals surface area (Å²) in [6.07, 6.45) is 5.12. The van der Waals surface area contributed by atoms with Crippen molar-refractivity contribution in [1.29, 1.82) is 0 Å². The lowest BCUT2D eigenvalue weighted by Gasteiger charge is -2.12. The predicted molar refractivity (Wildman–Crippen MR) is 205 cm³/mol. The van der Waals surface area contributed by atoms with E-state index in [4.69, 9.17) is 47.3 Å². The first kappa shape index (κ1) is 56.4. The second-order valence-corrected chi connectivity index (χ2v) is 15.0. The number of hydrogen-bond acceptors (Lipinski definition) is 17. The molecule has 0 amide bonds. The lowest BCUT2D eigenvalue weighted by molar-refractivity contribution is -0.150. The Morgan fingerprint density at radius 1 is 0.397 bits per heavy atom. The van der Waals surface area contributed by atoms with Gasteiger partial charge in [0.15, 0.2) is 0 Å². The molecule has 20 nitrogen and oxygen atoms in total. The second-order valence-electron chi connectivity index (χ2n) is 12.3. The zero-order valence-corrected chi connectivity index (χ0v) is 35.4. The van der Waals surface area contributed by atoms with E-state index < -0.39 is 51.5 Å². The van der Waals surface area contributed by atoms with Crippen LogP contribution in [0.1, 0.15) is 97.8 Å². The summed E-state index contributed by atoms with van der Waals surface area (Å²) < 4.78 is 65.3. The van der Waals surface area contributed by atoms with Gasteiger partial charge in [0.1, 0.15) is 39.6 Å². The van der Waals surface area contributed by atoms with E-state index in [-0.39, 0.29) is 95.4 Å². The van der Waals surface area contributed by atoms with Gasteiger partial charge >= 0.3 is 51.5 Å². The molecule has 334 valence electrons. The van der Waals surface area contributed by atoms with E-state index in [1.165, 1.54) is 20.8 Å². The number of phosphoric acid groups is 2. The topological polar surface area (TPSA) is 280 Å². The Balaban J connectivity index is 0. The van der Waals surface area contributed by atoms with E-state index in [0.29, 0.717) is 57.8 Å². The average Bonchev–Trinajstić information content (AvgIpc) is 3.13. The Labute approximate surface area is 339 Å². The van der Waals surface area contributed by atoms with Gasteiger partial charge in [-0.2, -0.15) is 0 Å². The van der Waals surface area contributed by atoms with Crippen LogP contribution < -0.4 is 0 Å². The molecular weight excluding hydrogens is 814 g/mol. The molecule has 0 saturated heterocycles. The molecule has 0 aromatic heterocycles. The highest BCUT2D eigenvalue weighted by molar-refractivity contribution is 7.47. The third kappa shape index (κ3) is 39.1. The highest BCUT2D eigenvalue weighted by Crippen LogP contribution is 2.43. The molecule has 0 heterocycles. The second kappa shape index (κ2) is 34.2. The molecule has 3 N–H and O–H groups in total. The van der Waals surface area contributed by atoms with E-state index in [2.05, 4.69) is 24.3 Å². The summed E-state index contributed by atoms with van der Waals surface area (Å²) in [5.74, 6) is -2.90. The Morgan fingerprint density at radius 3 is 0.914 bits per heavy atom. The van der Waals surface area contributed by atoms with Gasteiger partial charge in [-0.3, -0.25) is 28.0 Å². The average molecular weight is 875 g/mol. The van der Waals surface area contributed by atoms with Crippen LogP contribution in [0.25, 0.3) is 0 Å². The van der Waals surface area contributed by atoms with Gasteiger partial charge in [-0.25, -0.2) is 23.5 Å². The fourth-order valence-electron chi connectivity index (χ4n) is 3.68. The molecule has 0 aliphatic carbocycles. The number of unbranched alkanes of at least 4 members (excludes halogenated alkanes) is 6. The van der Waals surface area contributed by atoms with Gasteiger partial charge < -0.3 is 43.1 Å². The third-order valence-corrected chi connectivity index (χ3v) is 8.16. The number of rotatable bonds is 33. The Bertz CT molecular complexity index is 1340. The van der Waals surface area contributed by atoms with E-state index in [0.717, 1.165) is 0 Å². The van der Waals surface area contributed by atoms with Crippen molar-refractivity contribution in [3.63, 3.8) is 0 Å². The molecule has 0 saturated carbocycles. The van der Waals surface area contributed by atoms with Crippen molar-refractivity contribution in [2.24, 2.45) is 0 Å². The maximum absolute atomic E-state index is 11.8. The van der Waals surface area contributed by atoms with Crippen LogP contribution >= 0.6 is 15.6 Å². The van der Waals surface area contributed by atoms with Crippen molar-refractivity contribution < 1.29 is 94.6 Å². The fourth-order valence-corrected chi connectivity index (χ4v) is 4.84. The molecule has 0 rings (SSSR count). The summed E-state index contributed by atoms with van der Waals surface area (Å²) in [4.78, 5) is 94.3. The minimum Gasteiger partial charge on any atom is -0.462 e. The zero-order chi connectivity index (χ0) is 44.4. The first-order chi connectivity index (χ1) is 27.2. The van der Waals surface area contributed by atoms with E-state index >= 15 is 0 Å². The first-order valence-corrected chi connectivity index (χ1v) is 21.5. The van der Waals surface area contributed by atoms with E-state index in [1.807, 2.05) is 0 Å². The summed E-state index contributed by atoms with van der Waals surface area (Å²) in [5.41, 5.74) is 0.804. The van der Waals surface area contributed by atoms with Crippen LogP contribution in [0.5, 0.6) is 0 Å². The number of carbonyl (C=O) groups is 6. The highest BCUT2D eigenvalue weighted by Gasteiger charge is 2.20. The predicted octanol–water partition coefficient (Wildman–Crippen LogP) is 4.88. The molecule has 0 unspecified atom stereocenters. The maximum Gasteiger partial charge on any atom is 0.472 e. The van der Waals surface area contributed by atoms with Gasteiger partial charge in [0.05, 0.1) is 19.8 Å². The maximum atomic E-state index is 11.8. The molecule has 0 aliphatic heterocycles. The van der Waals surface area contributed by atoms with Crippen molar-refractivity contribution in [3.05, 3.63) is 36.5 Å². The van der Waals surface area contributed by atoms with Crippen LogP contribution in [-0.2, 0) is 79.9 Å². The normalized spacial score (nSPS) is 10.9. The van der Waals surface area contributed by atoms with Crippen LogP contribution in [0, 0.1) is 0 Å². The summed E-state index contributed by atoms with van der Waals surface area (Å²) in [7, 11) is -8.58. The molecule has 58 heavy (non-hydrogen) atoms. The molecule has 0 aromatic carbocycles. The largest absolute Gasteiger partial charge is 0.472 e. The van der Waals surface area contributed by atoms with Crippen LogP contribution in [0.4, 0.5) is 0 Å². The molecule has 0 spiro atoms. The monoisotopic (exact) mass is 874 g/mol. The van der Waals surface area contributed by atoms with E-state index in [9.17, 15) is 42.8 Å². The molecule has 0 aromatic rings. The van der Waals surface area contributed by atoms with Gasteiger partial charge in [0.25, 0.3) is 0 Å². The fraction of sp³-hybridized carbons (Fsp3) is 0.667. The summed E-state index contributed by atoms with van der Waals surface area (Å²) in [5, 5.41) is 0. The minimum absolute atomic E-state index is 0.00674.